The van der Waals surface area contributed by atoms with Crippen LogP contribution in [0.1, 0.15) is 75.6 Å². The van der Waals surface area contributed by atoms with Gasteiger partial charge < -0.3 is 20.1 Å². The Morgan fingerprint density at radius 1 is 1.12 bits per heavy atom. The van der Waals surface area contributed by atoms with E-state index in [9.17, 15) is 18.0 Å². The van der Waals surface area contributed by atoms with Crippen molar-refractivity contribution >= 4 is 11.7 Å². The second kappa shape index (κ2) is 9.03. The number of anilines is 1. The summed E-state index contributed by atoms with van der Waals surface area (Å²) in [5, 5.41) is 10.1. The van der Waals surface area contributed by atoms with Gasteiger partial charge in [-0.25, -0.2) is 4.68 Å². The number of hydrogen-bond donors (Lipinski definition) is 2. The first kappa shape index (κ1) is 25.7. The van der Waals surface area contributed by atoms with E-state index < -0.39 is 29.7 Å². The summed E-state index contributed by atoms with van der Waals surface area (Å²) < 4.78 is 53.4. The van der Waals surface area contributed by atoms with Crippen LogP contribution >= 0.6 is 0 Å². The van der Waals surface area contributed by atoms with Crippen LogP contribution in [-0.4, -0.2) is 41.6 Å². The fourth-order valence-electron chi connectivity index (χ4n) is 4.71. The summed E-state index contributed by atoms with van der Waals surface area (Å²) in [4.78, 5) is 12.9. The maximum atomic E-state index is 14.0. The molecule has 0 saturated carbocycles. The summed E-state index contributed by atoms with van der Waals surface area (Å²) in [6.45, 7) is 9.94. The molecule has 7 nitrogen and oxygen atoms in total. The molecule has 10 heteroatoms. The molecule has 0 aliphatic carbocycles. The van der Waals surface area contributed by atoms with Gasteiger partial charge in [0.15, 0.2) is 23.2 Å². The van der Waals surface area contributed by atoms with Crippen LogP contribution in [0.2, 0.25) is 0 Å². The van der Waals surface area contributed by atoms with Crippen molar-refractivity contribution in [3.05, 3.63) is 35.5 Å². The first-order chi connectivity index (χ1) is 15.6. The van der Waals surface area contributed by atoms with Gasteiger partial charge in [0.05, 0.1) is 20.3 Å². The summed E-state index contributed by atoms with van der Waals surface area (Å²) in [7, 11) is 2.96. The number of aromatic nitrogens is 2. The minimum absolute atomic E-state index is 0.0419. The van der Waals surface area contributed by atoms with Gasteiger partial charge in [-0.05, 0) is 43.4 Å². The highest BCUT2D eigenvalue weighted by Gasteiger charge is 2.47. The van der Waals surface area contributed by atoms with E-state index in [4.69, 9.17) is 9.47 Å². The Kier molecular flexibility index (Phi) is 6.83. The predicted molar refractivity (Wildman–Crippen MR) is 123 cm³/mol. The molecule has 2 aromatic rings. The molecule has 1 amide bonds. The monoisotopic (exact) mass is 482 g/mol. The average molecular weight is 483 g/mol. The molecule has 3 rings (SSSR count). The Balaban J connectivity index is 1.92. The zero-order valence-corrected chi connectivity index (χ0v) is 20.6. The zero-order chi connectivity index (χ0) is 25.5. The lowest BCUT2D eigenvalue weighted by Gasteiger charge is -2.33. The number of nitrogens with one attached hydrogen (secondary N) is 2. The molecule has 188 valence electrons. The third-order valence-electron chi connectivity index (χ3n) is 5.66. The van der Waals surface area contributed by atoms with Gasteiger partial charge in [0.25, 0.3) is 5.91 Å². The van der Waals surface area contributed by atoms with E-state index >= 15 is 0 Å². The van der Waals surface area contributed by atoms with Crippen molar-refractivity contribution in [1.82, 2.24) is 15.1 Å². The normalized spacial score (nSPS) is 18.6. The fraction of sp³-hybridized carbons (Fsp3) is 0.583. The van der Waals surface area contributed by atoms with Crippen molar-refractivity contribution in [1.29, 1.82) is 0 Å². The SMILES string of the molecule is COc1ccc([C@H]2C[C@@H](C(F)(F)F)n3nc(C(=O)NC(C)(C)CC(C)(C)C)cc3N2)cc1OC. The molecule has 1 aromatic carbocycles. The number of rotatable bonds is 6. The van der Waals surface area contributed by atoms with E-state index in [2.05, 4.69) is 36.5 Å². The second-order valence-corrected chi connectivity index (χ2v) is 10.5. The van der Waals surface area contributed by atoms with Gasteiger partial charge in [-0.3, -0.25) is 4.79 Å². The molecule has 0 saturated heterocycles. The Bertz CT molecular complexity index is 1040. The highest BCUT2D eigenvalue weighted by molar-refractivity contribution is 5.93. The van der Waals surface area contributed by atoms with Gasteiger partial charge in [0.2, 0.25) is 0 Å². The molecule has 2 atom stereocenters. The van der Waals surface area contributed by atoms with Crippen LogP contribution in [0.15, 0.2) is 24.3 Å². The highest BCUT2D eigenvalue weighted by Crippen LogP contribution is 2.44. The van der Waals surface area contributed by atoms with Gasteiger partial charge >= 0.3 is 6.18 Å². The van der Waals surface area contributed by atoms with Crippen LogP contribution in [0.4, 0.5) is 19.0 Å². The molecular formula is C24H33F3N4O3. The molecular weight excluding hydrogens is 449 g/mol. The molecule has 0 radical (unpaired) electrons. The van der Waals surface area contributed by atoms with Crippen LogP contribution in [0.3, 0.4) is 0 Å². The van der Waals surface area contributed by atoms with Crippen molar-refractivity contribution in [3.8, 4) is 11.5 Å². The van der Waals surface area contributed by atoms with Crippen molar-refractivity contribution < 1.29 is 27.4 Å². The molecule has 0 spiro atoms. The molecule has 2 heterocycles. The second-order valence-electron chi connectivity index (χ2n) is 10.5. The number of fused-ring (bicyclic) bond motifs is 1. The first-order valence-electron chi connectivity index (χ1n) is 11.1. The summed E-state index contributed by atoms with van der Waals surface area (Å²) in [5.74, 6) is 0.524. The Morgan fingerprint density at radius 2 is 1.76 bits per heavy atom. The lowest BCUT2D eigenvalue weighted by atomic mass is 9.82. The number of ether oxygens (including phenoxy) is 2. The lowest BCUT2D eigenvalue weighted by Crippen LogP contribution is -2.46. The highest BCUT2D eigenvalue weighted by atomic mass is 19.4. The molecule has 2 N–H and O–H groups in total. The number of carbonyl (C=O) groups is 1. The van der Waals surface area contributed by atoms with Crippen molar-refractivity contribution in [2.45, 2.75) is 71.3 Å². The van der Waals surface area contributed by atoms with Gasteiger partial charge in [0, 0.05) is 18.0 Å². The van der Waals surface area contributed by atoms with Crippen LogP contribution < -0.4 is 20.1 Å². The smallest absolute Gasteiger partial charge is 0.410 e. The number of nitrogens with zero attached hydrogens (tertiary/aromatic N) is 2. The summed E-state index contributed by atoms with van der Waals surface area (Å²) in [6.07, 6.45) is -4.15. The maximum Gasteiger partial charge on any atom is 0.410 e. The van der Waals surface area contributed by atoms with E-state index in [0.29, 0.717) is 23.5 Å². The predicted octanol–water partition coefficient (Wildman–Crippen LogP) is 5.51. The quantitative estimate of drug-likeness (QED) is 0.568. The number of benzene rings is 1. The van der Waals surface area contributed by atoms with Crippen LogP contribution in [0.5, 0.6) is 11.5 Å². The van der Waals surface area contributed by atoms with Gasteiger partial charge in [-0.2, -0.15) is 18.3 Å². The van der Waals surface area contributed by atoms with Crippen molar-refractivity contribution in [3.63, 3.8) is 0 Å². The van der Waals surface area contributed by atoms with Crippen LogP contribution in [-0.2, 0) is 0 Å². The molecule has 0 bridgehead atoms. The van der Waals surface area contributed by atoms with E-state index in [1.54, 1.807) is 18.2 Å². The first-order valence-corrected chi connectivity index (χ1v) is 11.1. The summed E-state index contributed by atoms with van der Waals surface area (Å²) >= 11 is 0. The number of alkyl halides is 3. The molecule has 0 fully saturated rings. The summed E-state index contributed by atoms with van der Waals surface area (Å²) in [6, 6.07) is 3.82. The van der Waals surface area contributed by atoms with Crippen LogP contribution in [0, 0.1) is 5.41 Å². The Hall–Kier alpha value is -2.91. The number of carbonyl (C=O) groups excluding carboxylic acids is 1. The molecule has 34 heavy (non-hydrogen) atoms. The van der Waals surface area contributed by atoms with E-state index in [1.807, 2.05) is 13.8 Å². The van der Waals surface area contributed by atoms with E-state index in [1.165, 1.54) is 20.3 Å². The van der Waals surface area contributed by atoms with Gasteiger partial charge in [-0.1, -0.05) is 26.8 Å². The summed E-state index contributed by atoms with van der Waals surface area (Å²) in [5.41, 5.74) is -0.0541. The van der Waals surface area contributed by atoms with E-state index in [-0.39, 0.29) is 23.3 Å². The minimum Gasteiger partial charge on any atom is -0.493 e. The van der Waals surface area contributed by atoms with Crippen LogP contribution in [0.25, 0.3) is 0 Å². The molecule has 1 aromatic heterocycles. The lowest BCUT2D eigenvalue weighted by molar-refractivity contribution is -0.173. The topological polar surface area (TPSA) is 77.4 Å². The largest absolute Gasteiger partial charge is 0.493 e. The van der Waals surface area contributed by atoms with Crippen molar-refractivity contribution in [2.75, 3.05) is 19.5 Å². The molecule has 1 aliphatic rings. The molecule has 1 aliphatic heterocycles. The third kappa shape index (κ3) is 5.77. The number of hydrogen-bond acceptors (Lipinski definition) is 5. The minimum atomic E-state index is -4.54. The zero-order valence-electron chi connectivity index (χ0n) is 20.6. The van der Waals surface area contributed by atoms with Gasteiger partial charge in [-0.15, -0.1) is 0 Å². The Morgan fingerprint density at radius 3 is 2.32 bits per heavy atom. The number of methoxy groups -OCH3 is 2. The third-order valence-corrected chi connectivity index (χ3v) is 5.66. The number of amides is 1. The van der Waals surface area contributed by atoms with Gasteiger partial charge in [0.1, 0.15) is 5.82 Å². The maximum absolute atomic E-state index is 14.0. The number of halogens is 3. The van der Waals surface area contributed by atoms with Crippen molar-refractivity contribution in [2.24, 2.45) is 5.41 Å². The average Bonchev–Trinajstić information content (AvgIpc) is 3.13. The molecule has 0 unspecified atom stereocenters. The Labute approximate surface area is 198 Å². The van der Waals surface area contributed by atoms with E-state index in [0.717, 1.165) is 4.68 Å². The standard InChI is InChI=1S/C24H33F3N4O3/c1-22(2,3)13-23(4,5)29-21(32)16-12-20-28-15(11-19(24(25,26)27)31(20)30-16)14-8-9-17(33-6)18(10-14)34-7/h8-10,12,15,19,28H,11,13H2,1-7H3,(H,29,32)/t15-,19+/m1/s1. The fourth-order valence-corrected chi connectivity index (χ4v) is 4.71.